The average Bonchev–Trinajstić information content (AvgIpc) is 3.40. The molecule has 1 amide bonds. The van der Waals surface area contributed by atoms with E-state index < -0.39 is 10.0 Å². The van der Waals surface area contributed by atoms with E-state index >= 15 is 0 Å². The number of nitrogens with zero attached hydrogens (tertiary/aromatic N) is 6. The fourth-order valence-corrected chi connectivity index (χ4v) is 3.96. The quantitative estimate of drug-likeness (QED) is 0.624. The van der Waals surface area contributed by atoms with Gasteiger partial charge in [0.05, 0.1) is 6.26 Å². The second-order valence-corrected chi connectivity index (χ2v) is 9.22. The fraction of sp³-hybridized carbons (Fsp3) is 0.368. The molecule has 11 nitrogen and oxygen atoms in total. The van der Waals surface area contributed by atoms with Gasteiger partial charge in [0.1, 0.15) is 0 Å². The number of carbonyl (C=O) groups is 1. The summed E-state index contributed by atoms with van der Waals surface area (Å²) >= 11 is 0. The van der Waals surface area contributed by atoms with Crippen molar-refractivity contribution in [2.45, 2.75) is 13.5 Å². The zero-order valence-corrected chi connectivity index (χ0v) is 18.0. The van der Waals surface area contributed by atoms with E-state index in [0.717, 1.165) is 27.6 Å². The highest BCUT2D eigenvalue weighted by molar-refractivity contribution is 7.92. The molecule has 0 saturated carbocycles. The maximum absolute atomic E-state index is 12.7. The summed E-state index contributed by atoms with van der Waals surface area (Å²) in [6.07, 6.45) is 3.80. The summed E-state index contributed by atoms with van der Waals surface area (Å²) in [5.74, 6) is 0.604. The number of carbonyl (C=O) groups excluding carboxylic acids is 1. The number of amides is 1. The first-order valence-corrected chi connectivity index (χ1v) is 11.6. The molecule has 0 spiro atoms. The largest absolute Gasteiger partial charge is 0.423 e. The van der Waals surface area contributed by atoms with Gasteiger partial charge in [0, 0.05) is 50.6 Å². The summed E-state index contributed by atoms with van der Waals surface area (Å²) in [4.78, 5) is 16.6. The minimum Gasteiger partial charge on any atom is -0.423 e. The van der Waals surface area contributed by atoms with Crippen molar-refractivity contribution >= 4 is 21.9 Å². The van der Waals surface area contributed by atoms with E-state index in [9.17, 15) is 13.2 Å². The third kappa shape index (κ3) is 5.09. The molecule has 164 valence electrons. The zero-order chi connectivity index (χ0) is 22.0. The van der Waals surface area contributed by atoms with Crippen molar-refractivity contribution in [1.82, 2.24) is 29.8 Å². The highest BCUT2D eigenvalue weighted by Crippen LogP contribution is 2.25. The Morgan fingerprint density at radius 2 is 1.97 bits per heavy atom. The van der Waals surface area contributed by atoms with Crippen molar-refractivity contribution in [2.75, 3.05) is 37.2 Å². The van der Waals surface area contributed by atoms with Gasteiger partial charge < -0.3 is 9.32 Å². The lowest BCUT2D eigenvalue weighted by atomic mass is 10.0. The Kier molecular flexibility index (Phi) is 5.74. The second-order valence-electron chi connectivity index (χ2n) is 7.47. The molecule has 1 aliphatic heterocycles. The third-order valence-electron chi connectivity index (χ3n) is 4.97. The third-order valence-corrected chi connectivity index (χ3v) is 5.55. The van der Waals surface area contributed by atoms with Crippen LogP contribution in [0, 0.1) is 6.92 Å². The first-order chi connectivity index (χ1) is 14.8. The number of sulfonamides is 1. The van der Waals surface area contributed by atoms with Gasteiger partial charge in [0.2, 0.25) is 22.3 Å². The Morgan fingerprint density at radius 1 is 1.19 bits per heavy atom. The van der Waals surface area contributed by atoms with Gasteiger partial charge in [-0.2, -0.15) is 4.68 Å². The van der Waals surface area contributed by atoms with Crippen LogP contribution >= 0.6 is 0 Å². The van der Waals surface area contributed by atoms with Gasteiger partial charge in [-0.1, -0.05) is 17.7 Å². The van der Waals surface area contributed by atoms with Gasteiger partial charge in [-0.05, 0) is 18.6 Å². The Balaban J connectivity index is 1.38. The summed E-state index contributed by atoms with van der Waals surface area (Å²) in [5.41, 5.74) is 3.10. The average molecular weight is 446 g/mol. The molecule has 4 rings (SSSR count). The molecule has 1 aromatic carbocycles. The molecule has 3 aromatic rings. The number of hydrogen-bond acceptors (Lipinski definition) is 8. The predicted octanol–water partition coefficient (Wildman–Crippen LogP) is 1.40. The van der Waals surface area contributed by atoms with Crippen LogP contribution in [-0.4, -0.2) is 76.7 Å². The molecule has 31 heavy (non-hydrogen) atoms. The number of piperazine rings is 1. The molecule has 1 fully saturated rings. The van der Waals surface area contributed by atoms with Crippen LogP contribution in [0.4, 0.5) is 10.6 Å². The van der Waals surface area contributed by atoms with Crippen molar-refractivity contribution in [3.05, 3.63) is 48.0 Å². The van der Waals surface area contributed by atoms with Gasteiger partial charge >= 0.3 is 6.03 Å². The second kappa shape index (κ2) is 8.47. The van der Waals surface area contributed by atoms with Gasteiger partial charge in [0.15, 0.2) is 5.82 Å². The summed E-state index contributed by atoms with van der Waals surface area (Å²) in [6.45, 7) is 5.17. The van der Waals surface area contributed by atoms with Gasteiger partial charge in [-0.25, -0.2) is 13.2 Å². The fourth-order valence-electron chi connectivity index (χ4n) is 3.48. The molecule has 2 aromatic heterocycles. The molecule has 0 aliphatic carbocycles. The van der Waals surface area contributed by atoms with Crippen LogP contribution in [-0.2, 0) is 16.6 Å². The van der Waals surface area contributed by atoms with Crippen LogP contribution in [0.3, 0.4) is 0 Å². The molecule has 0 unspecified atom stereocenters. The van der Waals surface area contributed by atoms with Crippen LogP contribution in [0.2, 0.25) is 0 Å². The van der Waals surface area contributed by atoms with E-state index in [1.807, 2.05) is 13.0 Å². The number of benzene rings is 1. The molecular formula is C19H23N7O4S. The number of nitrogens with one attached hydrogen (secondary N) is 1. The van der Waals surface area contributed by atoms with Crippen molar-refractivity contribution in [1.29, 1.82) is 0 Å². The molecule has 3 heterocycles. The first kappa shape index (κ1) is 21.0. The van der Waals surface area contributed by atoms with E-state index in [0.29, 0.717) is 38.6 Å². The lowest BCUT2D eigenvalue weighted by Gasteiger charge is -2.34. The van der Waals surface area contributed by atoms with Crippen LogP contribution in [0.15, 0.2) is 41.3 Å². The van der Waals surface area contributed by atoms with Crippen molar-refractivity contribution in [2.24, 2.45) is 0 Å². The first-order valence-electron chi connectivity index (χ1n) is 9.70. The van der Waals surface area contributed by atoms with E-state index in [-0.39, 0.29) is 11.8 Å². The molecule has 1 aliphatic rings. The van der Waals surface area contributed by atoms with Crippen molar-refractivity contribution < 1.29 is 17.6 Å². The molecule has 1 N–H and O–H groups in total. The maximum atomic E-state index is 12.7. The number of rotatable bonds is 5. The van der Waals surface area contributed by atoms with E-state index in [2.05, 4.69) is 37.1 Å². The van der Waals surface area contributed by atoms with Crippen molar-refractivity contribution in [3.8, 4) is 11.5 Å². The van der Waals surface area contributed by atoms with E-state index in [1.54, 1.807) is 4.90 Å². The number of aromatic nitrogens is 4. The topological polar surface area (TPSA) is 126 Å². The molecule has 0 radical (unpaired) electrons. The number of aryl methyl sites for hydroxylation is 1. The lowest BCUT2D eigenvalue weighted by Crippen LogP contribution is -2.49. The Labute approximate surface area is 179 Å². The van der Waals surface area contributed by atoms with Gasteiger partial charge in [0.25, 0.3) is 0 Å². The highest BCUT2D eigenvalue weighted by Gasteiger charge is 2.24. The normalized spacial score (nSPS) is 15.2. The minimum atomic E-state index is -3.45. The highest BCUT2D eigenvalue weighted by atomic mass is 32.2. The summed E-state index contributed by atoms with van der Waals surface area (Å²) < 4.78 is 31.4. The molecular weight excluding hydrogens is 422 g/mol. The number of anilines is 1. The molecule has 1 saturated heterocycles. The van der Waals surface area contributed by atoms with Crippen LogP contribution in [0.1, 0.15) is 11.1 Å². The SMILES string of the molecule is Cc1ccc(CN2CCN(C(=O)n3ccc(NS(C)(=O)=O)n3)CC2)c(-c2nnco2)c1. The monoisotopic (exact) mass is 445 g/mol. The summed E-state index contributed by atoms with van der Waals surface area (Å²) in [5, 5.41) is 11.8. The molecule has 12 heteroatoms. The number of hydrogen-bond donors (Lipinski definition) is 1. The van der Waals surface area contributed by atoms with E-state index in [1.165, 1.54) is 18.7 Å². The van der Waals surface area contributed by atoms with Crippen LogP contribution in [0.5, 0.6) is 0 Å². The van der Waals surface area contributed by atoms with Gasteiger partial charge in [-0.15, -0.1) is 15.3 Å². The summed E-state index contributed by atoms with van der Waals surface area (Å²) in [6, 6.07) is 7.30. The smallest absolute Gasteiger partial charge is 0.344 e. The molecule has 0 bridgehead atoms. The zero-order valence-electron chi connectivity index (χ0n) is 17.2. The lowest BCUT2D eigenvalue weighted by molar-refractivity contribution is 0.134. The summed E-state index contributed by atoms with van der Waals surface area (Å²) in [7, 11) is -3.45. The standard InChI is InChI=1S/C19H23N7O4S/c1-14-3-4-15(16(11-14)18-21-20-13-30-18)12-24-7-9-25(10-8-24)19(27)26-6-5-17(22-26)23-31(2,28)29/h3-6,11,13H,7-10,12H2,1-2H3,(H,22,23). The Morgan fingerprint density at radius 3 is 2.65 bits per heavy atom. The van der Waals surface area contributed by atoms with E-state index in [4.69, 9.17) is 4.42 Å². The van der Waals surface area contributed by atoms with Crippen LogP contribution < -0.4 is 4.72 Å². The van der Waals surface area contributed by atoms with Gasteiger partial charge in [-0.3, -0.25) is 9.62 Å². The maximum Gasteiger partial charge on any atom is 0.344 e. The Bertz CT molecular complexity index is 1170. The predicted molar refractivity (Wildman–Crippen MR) is 113 cm³/mol. The minimum absolute atomic E-state index is 0.113. The van der Waals surface area contributed by atoms with Crippen molar-refractivity contribution in [3.63, 3.8) is 0 Å². The van der Waals surface area contributed by atoms with Crippen LogP contribution in [0.25, 0.3) is 11.5 Å². The Hall–Kier alpha value is -3.25. The molecule has 0 atom stereocenters.